The van der Waals surface area contributed by atoms with Crippen LogP contribution in [0.15, 0.2) is 0 Å². The lowest BCUT2D eigenvalue weighted by atomic mass is 10.2. The van der Waals surface area contributed by atoms with E-state index < -0.39 is 30.0 Å². The molecule has 0 saturated heterocycles. The number of hydrogen-bond acceptors (Lipinski definition) is 3. The van der Waals surface area contributed by atoms with E-state index in [4.69, 9.17) is 10.8 Å². The quantitative estimate of drug-likeness (QED) is 0.488. The van der Waals surface area contributed by atoms with Crippen LogP contribution in [0.3, 0.4) is 0 Å². The molecule has 16 heavy (non-hydrogen) atoms. The molecule has 0 heterocycles. The summed E-state index contributed by atoms with van der Waals surface area (Å²) in [4.78, 5) is 32.4. The average molecular weight is 231 g/mol. The van der Waals surface area contributed by atoms with E-state index in [-0.39, 0.29) is 12.8 Å². The van der Waals surface area contributed by atoms with Crippen LogP contribution in [0.25, 0.3) is 0 Å². The number of carboxylic acids is 1. The van der Waals surface area contributed by atoms with Gasteiger partial charge in [0.15, 0.2) is 0 Å². The molecule has 1 unspecified atom stereocenters. The highest BCUT2D eigenvalue weighted by atomic mass is 16.4. The van der Waals surface area contributed by atoms with E-state index in [1.807, 2.05) is 0 Å². The van der Waals surface area contributed by atoms with Gasteiger partial charge in [0.05, 0.1) is 0 Å². The molecule has 0 aliphatic heterocycles. The molecule has 0 spiro atoms. The molecule has 7 nitrogen and oxygen atoms in total. The standard InChI is InChI=1S/C9H17N3O4/c1-3-6(8(14)15)12-9(16)11-5(2)4-7(10)13/h5-6H,3-4H2,1-2H3,(H2,10,13)(H,14,15)(H2,11,12,16)/t5?,6-/m0/s1. The lowest BCUT2D eigenvalue weighted by Crippen LogP contribution is -2.48. The highest BCUT2D eigenvalue weighted by Gasteiger charge is 2.18. The molecule has 0 fully saturated rings. The van der Waals surface area contributed by atoms with Crippen LogP contribution in [-0.2, 0) is 9.59 Å². The molecule has 0 aliphatic carbocycles. The normalized spacial score (nSPS) is 13.6. The maximum absolute atomic E-state index is 11.3. The SMILES string of the molecule is CC[C@H](NC(=O)NC(C)CC(N)=O)C(=O)O. The molecule has 3 amide bonds. The van der Waals surface area contributed by atoms with E-state index in [2.05, 4.69) is 10.6 Å². The molecule has 5 N–H and O–H groups in total. The Labute approximate surface area is 93.4 Å². The summed E-state index contributed by atoms with van der Waals surface area (Å²) in [7, 11) is 0. The van der Waals surface area contributed by atoms with Gasteiger partial charge < -0.3 is 21.5 Å². The predicted octanol–water partition coefficient (Wildman–Crippen LogP) is -0.587. The second-order valence-electron chi connectivity index (χ2n) is 3.49. The third-order valence-electron chi connectivity index (χ3n) is 1.90. The maximum Gasteiger partial charge on any atom is 0.326 e. The molecule has 92 valence electrons. The Bertz CT molecular complexity index is 280. The predicted molar refractivity (Wildman–Crippen MR) is 56.7 cm³/mol. The fourth-order valence-electron chi connectivity index (χ4n) is 1.11. The van der Waals surface area contributed by atoms with Gasteiger partial charge >= 0.3 is 12.0 Å². The Hall–Kier alpha value is -1.79. The van der Waals surface area contributed by atoms with Crippen LogP contribution in [0.1, 0.15) is 26.7 Å². The first-order valence-corrected chi connectivity index (χ1v) is 4.95. The lowest BCUT2D eigenvalue weighted by Gasteiger charge is -2.16. The Morgan fingerprint density at radius 3 is 2.25 bits per heavy atom. The number of hydrogen-bond donors (Lipinski definition) is 4. The Morgan fingerprint density at radius 2 is 1.88 bits per heavy atom. The van der Waals surface area contributed by atoms with Crippen molar-refractivity contribution in [3.8, 4) is 0 Å². The smallest absolute Gasteiger partial charge is 0.326 e. The molecule has 0 aromatic carbocycles. The number of primary amides is 1. The second-order valence-corrected chi connectivity index (χ2v) is 3.49. The van der Waals surface area contributed by atoms with Gasteiger partial charge in [-0.25, -0.2) is 9.59 Å². The van der Waals surface area contributed by atoms with Gasteiger partial charge in [-0.3, -0.25) is 4.79 Å². The van der Waals surface area contributed by atoms with Crippen LogP contribution in [0.2, 0.25) is 0 Å². The first kappa shape index (κ1) is 14.2. The Balaban J connectivity index is 4.06. The van der Waals surface area contributed by atoms with Crippen LogP contribution in [0.5, 0.6) is 0 Å². The van der Waals surface area contributed by atoms with Crippen molar-refractivity contribution in [2.75, 3.05) is 0 Å². The van der Waals surface area contributed by atoms with Gasteiger partial charge in [-0.05, 0) is 13.3 Å². The van der Waals surface area contributed by atoms with Crippen LogP contribution in [-0.4, -0.2) is 35.1 Å². The summed E-state index contributed by atoms with van der Waals surface area (Å²) < 4.78 is 0. The highest BCUT2D eigenvalue weighted by molar-refractivity contribution is 5.83. The van der Waals surface area contributed by atoms with Crippen molar-refractivity contribution in [3.63, 3.8) is 0 Å². The van der Waals surface area contributed by atoms with Crippen LogP contribution in [0.4, 0.5) is 4.79 Å². The molecule has 7 heteroatoms. The zero-order valence-corrected chi connectivity index (χ0v) is 9.32. The Morgan fingerprint density at radius 1 is 1.31 bits per heavy atom. The molecule has 0 aromatic rings. The third kappa shape index (κ3) is 5.84. The fourth-order valence-corrected chi connectivity index (χ4v) is 1.11. The maximum atomic E-state index is 11.3. The monoisotopic (exact) mass is 231 g/mol. The van der Waals surface area contributed by atoms with Crippen LogP contribution in [0, 0.1) is 0 Å². The summed E-state index contributed by atoms with van der Waals surface area (Å²) in [6.07, 6.45) is 0.296. The zero-order chi connectivity index (χ0) is 12.7. The Kier molecular flexibility index (Phi) is 5.91. The minimum atomic E-state index is -1.10. The number of carbonyl (C=O) groups excluding carboxylic acids is 2. The number of nitrogens with two attached hydrogens (primary N) is 1. The van der Waals surface area contributed by atoms with Crippen molar-refractivity contribution in [3.05, 3.63) is 0 Å². The first-order chi connectivity index (χ1) is 7.36. The average Bonchev–Trinajstić information content (AvgIpc) is 2.11. The van der Waals surface area contributed by atoms with Gasteiger partial charge in [-0.15, -0.1) is 0 Å². The van der Waals surface area contributed by atoms with E-state index in [9.17, 15) is 14.4 Å². The van der Waals surface area contributed by atoms with Crippen molar-refractivity contribution in [1.82, 2.24) is 10.6 Å². The van der Waals surface area contributed by atoms with Crippen molar-refractivity contribution in [2.45, 2.75) is 38.8 Å². The topological polar surface area (TPSA) is 122 Å². The number of nitrogens with one attached hydrogen (secondary N) is 2. The second kappa shape index (κ2) is 6.65. The summed E-state index contributed by atoms with van der Waals surface area (Å²) in [5, 5.41) is 13.4. The molecular weight excluding hydrogens is 214 g/mol. The summed E-state index contributed by atoms with van der Waals surface area (Å²) in [6, 6.07) is -1.98. The van der Waals surface area contributed by atoms with Crippen LogP contribution < -0.4 is 16.4 Å². The van der Waals surface area contributed by atoms with Crippen molar-refractivity contribution in [1.29, 1.82) is 0 Å². The van der Waals surface area contributed by atoms with Gasteiger partial charge in [0.25, 0.3) is 0 Å². The third-order valence-corrected chi connectivity index (χ3v) is 1.90. The minimum absolute atomic E-state index is 0.0112. The largest absolute Gasteiger partial charge is 0.480 e. The lowest BCUT2D eigenvalue weighted by molar-refractivity contribution is -0.139. The molecule has 0 radical (unpaired) electrons. The van der Waals surface area contributed by atoms with Crippen molar-refractivity contribution in [2.24, 2.45) is 5.73 Å². The molecule has 0 aliphatic rings. The van der Waals surface area contributed by atoms with Gasteiger partial charge in [-0.2, -0.15) is 0 Å². The minimum Gasteiger partial charge on any atom is -0.480 e. The van der Waals surface area contributed by atoms with Gasteiger partial charge in [0.2, 0.25) is 5.91 Å². The first-order valence-electron chi connectivity index (χ1n) is 4.95. The zero-order valence-electron chi connectivity index (χ0n) is 9.32. The number of urea groups is 1. The van der Waals surface area contributed by atoms with Crippen molar-refractivity contribution < 1.29 is 19.5 Å². The summed E-state index contributed by atoms with van der Waals surface area (Å²) in [5.74, 6) is -1.63. The van der Waals surface area contributed by atoms with E-state index >= 15 is 0 Å². The van der Waals surface area contributed by atoms with Gasteiger partial charge in [0.1, 0.15) is 6.04 Å². The number of amides is 3. The van der Waals surface area contributed by atoms with Crippen LogP contribution >= 0.6 is 0 Å². The molecule has 2 atom stereocenters. The van der Waals surface area contributed by atoms with E-state index in [0.717, 1.165) is 0 Å². The molecular formula is C9H17N3O4. The highest BCUT2D eigenvalue weighted by Crippen LogP contribution is 1.92. The van der Waals surface area contributed by atoms with Crippen molar-refractivity contribution >= 4 is 17.9 Å². The molecule has 0 saturated carbocycles. The number of aliphatic carboxylic acids is 1. The molecule has 0 bridgehead atoms. The number of carbonyl (C=O) groups is 3. The van der Waals surface area contributed by atoms with Gasteiger partial charge in [-0.1, -0.05) is 6.92 Å². The van der Waals surface area contributed by atoms with E-state index in [1.54, 1.807) is 13.8 Å². The summed E-state index contributed by atoms with van der Waals surface area (Å²) in [5.41, 5.74) is 4.94. The van der Waals surface area contributed by atoms with E-state index in [0.29, 0.717) is 0 Å². The summed E-state index contributed by atoms with van der Waals surface area (Å²) >= 11 is 0. The molecule has 0 rings (SSSR count). The van der Waals surface area contributed by atoms with Gasteiger partial charge in [0, 0.05) is 12.5 Å². The number of carboxylic acid groups (broad SMARTS) is 1. The number of rotatable bonds is 6. The van der Waals surface area contributed by atoms with E-state index in [1.165, 1.54) is 0 Å². The summed E-state index contributed by atoms with van der Waals surface area (Å²) in [6.45, 7) is 3.25. The molecule has 0 aromatic heterocycles. The fraction of sp³-hybridized carbons (Fsp3) is 0.667.